The van der Waals surface area contributed by atoms with E-state index >= 15 is 0 Å². The van der Waals surface area contributed by atoms with E-state index in [9.17, 15) is 10.1 Å². The third-order valence-electron chi connectivity index (χ3n) is 2.29. The maximum atomic E-state index is 11.1. The van der Waals surface area contributed by atoms with E-state index in [4.69, 9.17) is 4.74 Å². The zero-order valence-electron chi connectivity index (χ0n) is 9.83. The molecule has 0 unspecified atom stereocenters. The lowest BCUT2D eigenvalue weighted by molar-refractivity contribution is -0.385. The standard InChI is InChI=1S/C11H9BrN4O3/c1-19-11-9(16(17)18)10(13-6-14-11)15-8-5-3-2-4-7(8)12/h2-6H,1H3,(H,13,14,15). The van der Waals surface area contributed by atoms with Gasteiger partial charge in [0.1, 0.15) is 6.33 Å². The fourth-order valence-electron chi connectivity index (χ4n) is 1.46. The molecular formula is C11H9BrN4O3. The average molecular weight is 325 g/mol. The van der Waals surface area contributed by atoms with E-state index in [-0.39, 0.29) is 17.4 Å². The number of rotatable bonds is 4. The molecule has 1 N–H and O–H groups in total. The summed E-state index contributed by atoms with van der Waals surface area (Å²) in [6.45, 7) is 0. The molecule has 19 heavy (non-hydrogen) atoms. The van der Waals surface area contributed by atoms with E-state index in [0.717, 1.165) is 4.47 Å². The Hall–Kier alpha value is -2.22. The molecule has 1 heterocycles. The fourth-order valence-corrected chi connectivity index (χ4v) is 1.84. The highest BCUT2D eigenvalue weighted by Gasteiger charge is 2.24. The van der Waals surface area contributed by atoms with Crippen molar-refractivity contribution in [1.29, 1.82) is 0 Å². The second-order valence-electron chi connectivity index (χ2n) is 3.44. The SMILES string of the molecule is COc1ncnc(Nc2ccccc2Br)c1[N+](=O)[O-]. The number of ether oxygens (including phenoxy) is 1. The monoisotopic (exact) mass is 324 g/mol. The number of nitrogens with one attached hydrogen (secondary N) is 1. The number of methoxy groups -OCH3 is 1. The Morgan fingerprint density at radius 1 is 1.37 bits per heavy atom. The molecule has 8 heteroatoms. The minimum absolute atomic E-state index is 0.0729. The Labute approximate surface area is 116 Å². The van der Waals surface area contributed by atoms with E-state index < -0.39 is 4.92 Å². The molecule has 0 fully saturated rings. The van der Waals surface area contributed by atoms with Crippen molar-refractivity contribution in [2.45, 2.75) is 0 Å². The first-order valence-corrected chi connectivity index (χ1v) is 5.97. The average Bonchev–Trinajstić information content (AvgIpc) is 2.40. The maximum Gasteiger partial charge on any atom is 0.373 e. The minimum Gasteiger partial charge on any atom is -0.476 e. The topological polar surface area (TPSA) is 90.2 Å². The van der Waals surface area contributed by atoms with Gasteiger partial charge in [-0.2, -0.15) is 4.98 Å². The Kier molecular flexibility index (Phi) is 3.91. The molecule has 0 saturated heterocycles. The van der Waals surface area contributed by atoms with Gasteiger partial charge in [0.15, 0.2) is 0 Å². The molecule has 2 aromatic rings. The quantitative estimate of drug-likeness (QED) is 0.687. The van der Waals surface area contributed by atoms with Crippen LogP contribution in [0, 0.1) is 10.1 Å². The summed E-state index contributed by atoms with van der Waals surface area (Å²) in [6.07, 6.45) is 1.20. The van der Waals surface area contributed by atoms with Gasteiger partial charge >= 0.3 is 5.69 Å². The van der Waals surface area contributed by atoms with Crippen LogP contribution in [0.2, 0.25) is 0 Å². The van der Waals surface area contributed by atoms with Crippen LogP contribution in [0.15, 0.2) is 35.1 Å². The molecule has 0 aliphatic heterocycles. The minimum atomic E-state index is -0.585. The van der Waals surface area contributed by atoms with Crippen molar-refractivity contribution in [3.8, 4) is 5.88 Å². The summed E-state index contributed by atoms with van der Waals surface area (Å²) in [5, 5.41) is 13.9. The van der Waals surface area contributed by atoms with Crippen molar-refractivity contribution in [3.63, 3.8) is 0 Å². The van der Waals surface area contributed by atoms with Gasteiger partial charge in [-0.3, -0.25) is 10.1 Å². The van der Waals surface area contributed by atoms with Crippen LogP contribution >= 0.6 is 15.9 Å². The van der Waals surface area contributed by atoms with Crippen LogP contribution in [0.5, 0.6) is 5.88 Å². The molecule has 0 atom stereocenters. The molecule has 1 aromatic carbocycles. The van der Waals surface area contributed by atoms with Crippen LogP contribution < -0.4 is 10.1 Å². The Morgan fingerprint density at radius 2 is 2.11 bits per heavy atom. The first-order valence-electron chi connectivity index (χ1n) is 5.18. The van der Waals surface area contributed by atoms with Crippen molar-refractivity contribution in [2.24, 2.45) is 0 Å². The van der Waals surface area contributed by atoms with Crippen LogP contribution in [0.3, 0.4) is 0 Å². The fraction of sp³-hybridized carbons (Fsp3) is 0.0909. The number of anilines is 2. The van der Waals surface area contributed by atoms with Gasteiger partial charge in [-0.05, 0) is 28.1 Å². The molecule has 0 spiro atoms. The van der Waals surface area contributed by atoms with Crippen LogP contribution in [0.1, 0.15) is 0 Å². The lowest BCUT2D eigenvalue weighted by Gasteiger charge is -2.08. The van der Waals surface area contributed by atoms with E-state index in [1.807, 2.05) is 12.1 Å². The molecular weight excluding hydrogens is 316 g/mol. The smallest absolute Gasteiger partial charge is 0.373 e. The molecule has 2 rings (SSSR count). The summed E-state index contributed by atoms with van der Waals surface area (Å²) < 4.78 is 5.64. The van der Waals surface area contributed by atoms with Crippen molar-refractivity contribution in [1.82, 2.24) is 9.97 Å². The number of hydrogen-bond acceptors (Lipinski definition) is 6. The van der Waals surface area contributed by atoms with Gasteiger partial charge in [0, 0.05) is 4.47 Å². The van der Waals surface area contributed by atoms with Gasteiger partial charge < -0.3 is 10.1 Å². The summed E-state index contributed by atoms with van der Waals surface area (Å²) in [6, 6.07) is 7.22. The normalized spacial score (nSPS) is 10.0. The Bertz CT molecular complexity index is 621. The van der Waals surface area contributed by atoms with E-state index in [1.54, 1.807) is 12.1 Å². The van der Waals surface area contributed by atoms with Gasteiger partial charge in [-0.1, -0.05) is 12.1 Å². The molecule has 0 bridgehead atoms. The molecule has 98 valence electrons. The number of para-hydroxylation sites is 1. The third-order valence-corrected chi connectivity index (χ3v) is 2.98. The van der Waals surface area contributed by atoms with Crippen LogP contribution in [-0.2, 0) is 0 Å². The Morgan fingerprint density at radius 3 is 2.74 bits per heavy atom. The summed E-state index contributed by atoms with van der Waals surface area (Å²) in [7, 11) is 1.32. The zero-order valence-corrected chi connectivity index (χ0v) is 11.4. The molecule has 0 saturated carbocycles. The second kappa shape index (κ2) is 5.61. The zero-order chi connectivity index (χ0) is 13.8. The first-order chi connectivity index (χ1) is 9.13. The summed E-state index contributed by atoms with van der Waals surface area (Å²) in [5.74, 6) is -0.0155. The van der Waals surface area contributed by atoms with Gasteiger partial charge in [0.25, 0.3) is 5.88 Å². The third kappa shape index (κ3) is 2.79. The molecule has 7 nitrogen and oxygen atoms in total. The summed E-state index contributed by atoms with van der Waals surface area (Å²) in [4.78, 5) is 18.1. The molecule has 0 aliphatic carbocycles. The van der Waals surface area contributed by atoms with Crippen molar-refractivity contribution in [2.75, 3.05) is 12.4 Å². The lowest BCUT2D eigenvalue weighted by atomic mass is 10.3. The van der Waals surface area contributed by atoms with Crippen molar-refractivity contribution < 1.29 is 9.66 Å². The maximum absolute atomic E-state index is 11.1. The number of benzene rings is 1. The number of halogens is 1. The summed E-state index contributed by atoms with van der Waals surface area (Å²) >= 11 is 3.34. The predicted octanol–water partition coefficient (Wildman–Crippen LogP) is 2.90. The number of nitrogens with zero attached hydrogens (tertiary/aromatic N) is 3. The van der Waals surface area contributed by atoms with Gasteiger partial charge in [0.05, 0.1) is 17.7 Å². The first kappa shape index (κ1) is 13.2. The van der Waals surface area contributed by atoms with Crippen molar-refractivity contribution in [3.05, 3.63) is 45.2 Å². The second-order valence-corrected chi connectivity index (χ2v) is 4.30. The largest absolute Gasteiger partial charge is 0.476 e. The number of aromatic nitrogens is 2. The summed E-state index contributed by atoms with van der Waals surface area (Å²) in [5.41, 5.74) is 0.354. The molecule has 0 aliphatic rings. The van der Waals surface area contributed by atoms with E-state index in [0.29, 0.717) is 5.69 Å². The highest BCUT2D eigenvalue weighted by Crippen LogP contribution is 2.34. The van der Waals surface area contributed by atoms with E-state index in [1.165, 1.54) is 13.4 Å². The van der Waals surface area contributed by atoms with Gasteiger partial charge in [-0.15, -0.1) is 0 Å². The van der Waals surface area contributed by atoms with Gasteiger partial charge in [0.2, 0.25) is 5.82 Å². The highest BCUT2D eigenvalue weighted by atomic mass is 79.9. The van der Waals surface area contributed by atoms with Crippen molar-refractivity contribution >= 4 is 33.1 Å². The molecule has 0 radical (unpaired) electrons. The molecule has 0 amide bonds. The molecule has 1 aromatic heterocycles. The highest BCUT2D eigenvalue weighted by molar-refractivity contribution is 9.10. The Balaban J connectivity index is 2.46. The predicted molar refractivity (Wildman–Crippen MR) is 72.7 cm³/mol. The van der Waals surface area contributed by atoms with Gasteiger partial charge in [-0.25, -0.2) is 4.98 Å². The van der Waals surface area contributed by atoms with Crippen LogP contribution in [-0.4, -0.2) is 22.0 Å². The van der Waals surface area contributed by atoms with Crippen LogP contribution in [0.4, 0.5) is 17.2 Å². The number of hydrogen-bond donors (Lipinski definition) is 1. The van der Waals surface area contributed by atoms with Crippen LogP contribution in [0.25, 0.3) is 0 Å². The number of nitro groups is 1. The lowest BCUT2D eigenvalue weighted by Crippen LogP contribution is -2.03. The van der Waals surface area contributed by atoms with E-state index in [2.05, 4.69) is 31.2 Å².